The van der Waals surface area contributed by atoms with Crippen molar-refractivity contribution >= 4 is 0 Å². The molecule has 0 aromatic heterocycles. The van der Waals surface area contributed by atoms with Crippen molar-refractivity contribution in [2.45, 2.75) is 25.1 Å². The van der Waals surface area contributed by atoms with E-state index in [0.717, 1.165) is 0 Å². The molecule has 2 rings (SSSR count). The second kappa shape index (κ2) is 6.63. The Hall–Kier alpha value is -2.01. The first kappa shape index (κ1) is 15.4. The van der Waals surface area contributed by atoms with Gasteiger partial charge in [-0.05, 0) is 36.2 Å². The molecule has 0 aliphatic carbocycles. The minimum Gasteiger partial charge on any atom is -0.457 e. The first-order valence-electron chi connectivity index (χ1n) is 6.59. The third kappa shape index (κ3) is 5.11. The molecule has 2 aromatic carbocycles. The number of para-hydroxylation sites is 1. The Balaban J connectivity index is 2.03. The lowest BCUT2D eigenvalue weighted by molar-refractivity contribution is -0.136. The summed E-state index contributed by atoms with van der Waals surface area (Å²) < 4.78 is 42.3. The monoisotopic (exact) mass is 295 g/mol. The van der Waals surface area contributed by atoms with Gasteiger partial charge in [-0.1, -0.05) is 30.3 Å². The fourth-order valence-corrected chi connectivity index (χ4v) is 1.92. The van der Waals surface area contributed by atoms with Gasteiger partial charge in [0.1, 0.15) is 11.5 Å². The Kier molecular flexibility index (Phi) is 4.85. The van der Waals surface area contributed by atoms with Gasteiger partial charge in [-0.25, -0.2) is 0 Å². The summed E-state index contributed by atoms with van der Waals surface area (Å²) in [6.45, 7) is 0. The number of benzene rings is 2. The molecule has 0 saturated carbocycles. The molecular formula is C16H16F3NO. The molecule has 0 saturated heterocycles. The maximum absolute atomic E-state index is 12.2. The molecule has 0 heterocycles. The molecule has 0 amide bonds. The van der Waals surface area contributed by atoms with Crippen molar-refractivity contribution in [3.8, 4) is 11.5 Å². The van der Waals surface area contributed by atoms with Crippen molar-refractivity contribution in [1.82, 2.24) is 0 Å². The van der Waals surface area contributed by atoms with E-state index in [1.165, 1.54) is 0 Å². The SMILES string of the molecule is N[C@H](CCC(F)(F)F)c1cccc(Oc2ccccc2)c1. The molecular weight excluding hydrogens is 279 g/mol. The lowest BCUT2D eigenvalue weighted by Gasteiger charge is -2.15. The van der Waals surface area contributed by atoms with Crippen molar-refractivity contribution in [2.24, 2.45) is 5.73 Å². The zero-order chi connectivity index (χ0) is 15.3. The van der Waals surface area contributed by atoms with E-state index < -0.39 is 18.6 Å². The van der Waals surface area contributed by atoms with Gasteiger partial charge in [0.25, 0.3) is 0 Å². The maximum Gasteiger partial charge on any atom is 0.389 e. The zero-order valence-electron chi connectivity index (χ0n) is 11.3. The van der Waals surface area contributed by atoms with Crippen molar-refractivity contribution < 1.29 is 17.9 Å². The molecule has 112 valence electrons. The van der Waals surface area contributed by atoms with E-state index >= 15 is 0 Å². The van der Waals surface area contributed by atoms with E-state index in [-0.39, 0.29) is 6.42 Å². The maximum atomic E-state index is 12.2. The largest absolute Gasteiger partial charge is 0.457 e. The number of nitrogens with two attached hydrogens (primary N) is 1. The molecule has 1 atom stereocenters. The first-order valence-corrected chi connectivity index (χ1v) is 6.59. The van der Waals surface area contributed by atoms with Gasteiger partial charge < -0.3 is 10.5 Å². The number of alkyl halides is 3. The molecule has 0 unspecified atom stereocenters. The molecule has 0 aliphatic heterocycles. The van der Waals surface area contributed by atoms with Gasteiger partial charge in [0.05, 0.1) is 0 Å². The van der Waals surface area contributed by atoms with Crippen LogP contribution in [0, 0.1) is 0 Å². The summed E-state index contributed by atoms with van der Waals surface area (Å²) in [6.07, 6.45) is -5.22. The third-order valence-electron chi connectivity index (χ3n) is 3.00. The number of ether oxygens (including phenoxy) is 1. The first-order chi connectivity index (χ1) is 9.94. The Morgan fingerprint density at radius 1 is 0.952 bits per heavy atom. The van der Waals surface area contributed by atoms with Crippen molar-refractivity contribution in [3.05, 3.63) is 60.2 Å². The minimum absolute atomic E-state index is 0.141. The van der Waals surface area contributed by atoms with Gasteiger partial charge in [-0.15, -0.1) is 0 Å². The van der Waals surface area contributed by atoms with Gasteiger partial charge in [0.2, 0.25) is 0 Å². The Labute approximate surface area is 121 Å². The van der Waals surface area contributed by atoms with Crippen LogP contribution in [0.4, 0.5) is 13.2 Å². The Morgan fingerprint density at radius 2 is 1.62 bits per heavy atom. The summed E-state index contributed by atoms with van der Waals surface area (Å²) in [6, 6.07) is 15.3. The van der Waals surface area contributed by atoms with Crippen LogP contribution in [-0.2, 0) is 0 Å². The van der Waals surface area contributed by atoms with Crippen LogP contribution in [0.25, 0.3) is 0 Å². The highest BCUT2D eigenvalue weighted by Crippen LogP contribution is 2.29. The van der Waals surface area contributed by atoms with Gasteiger partial charge in [-0.3, -0.25) is 0 Å². The van der Waals surface area contributed by atoms with E-state index in [4.69, 9.17) is 10.5 Å². The predicted octanol–water partition coefficient (Wildman–Crippen LogP) is 4.82. The molecule has 0 spiro atoms. The van der Waals surface area contributed by atoms with Crippen LogP contribution < -0.4 is 10.5 Å². The molecule has 5 heteroatoms. The molecule has 0 bridgehead atoms. The highest BCUT2D eigenvalue weighted by Gasteiger charge is 2.27. The van der Waals surface area contributed by atoms with E-state index in [1.807, 2.05) is 18.2 Å². The van der Waals surface area contributed by atoms with Crippen LogP contribution in [-0.4, -0.2) is 6.18 Å². The average molecular weight is 295 g/mol. The molecule has 0 fully saturated rings. The van der Waals surface area contributed by atoms with Gasteiger partial charge in [0.15, 0.2) is 0 Å². The highest BCUT2D eigenvalue weighted by atomic mass is 19.4. The van der Waals surface area contributed by atoms with Crippen LogP contribution in [0.1, 0.15) is 24.4 Å². The summed E-state index contributed by atoms with van der Waals surface area (Å²) >= 11 is 0. The molecule has 21 heavy (non-hydrogen) atoms. The Morgan fingerprint density at radius 3 is 2.29 bits per heavy atom. The standard InChI is InChI=1S/C16H16F3NO/c17-16(18,19)10-9-15(20)12-5-4-8-14(11-12)21-13-6-2-1-3-7-13/h1-8,11,15H,9-10,20H2/t15-/m1/s1. The number of hydrogen-bond acceptors (Lipinski definition) is 2. The third-order valence-corrected chi connectivity index (χ3v) is 3.00. The van der Waals surface area contributed by atoms with E-state index in [0.29, 0.717) is 17.1 Å². The van der Waals surface area contributed by atoms with Gasteiger partial charge >= 0.3 is 6.18 Å². The van der Waals surface area contributed by atoms with Crippen LogP contribution in [0.2, 0.25) is 0 Å². The van der Waals surface area contributed by atoms with Crippen LogP contribution >= 0.6 is 0 Å². The lowest BCUT2D eigenvalue weighted by Crippen LogP contribution is -2.15. The average Bonchev–Trinajstić information content (AvgIpc) is 2.45. The normalized spacial score (nSPS) is 13.0. The minimum atomic E-state index is -4.18. The second-order valence-electron chi connectivity index (χ2n) is 4.75. The highest BCUT2D eigenvalue weighted by molar-refractivity contribution is 5.34. The van der Waals surface area contributed by atoms with E-state index in [1.54, 1.807) is 36.4 Å². The molecule has 2 N–H and O–H groups in total. The van der Waals surface area contributed by atoms with E-state index in [2.05, 4.69) is 0 Å². The van der Waals surface area contributed by atoms with Crippen LogP contribution in [0.3, 0.4) is 0 Å². The molecule has 2 nitrogen and oxygen atoms in total. The predicted molar refractivity (Wildman–Crippen MR) is 75.2 cm³/mol. The number of halogens is 3. The smallest absolute Gasteiger partial charge is 0.389 e. The zero-order valence-corrected chi connectivity index (χ0v) is 11.3. The van der Waals surface area contributed by atoms with Crippen molar-refractivity contribution in [2.75, 3.05) is 0 Å². The summed E-state index contributed by atoms with van der Waals surface area (Å²) in [5.74, 6) is 1.22. The lowest BCUT2D eigenvalue weighted by atomic mass is 10.0. The quantitative estimate of drug-likeness (QED) is 0.858. The topological polar surface area (TPSA) is 35.2 Å². The molecule has 0 radical (unpaired) electrons. The van der Waals surface area contributed by atoms with Gasteiger partial charge in [0, 0.05) is 12.5 Å². The summed E-state index contributed by atoms with van der Waals surface area (Å²) in [5.41, 5.74) is 6.44. The van der Waals surface area contributed by atoms with Crippen LogP contribution in [0.5, 0.6) is 11.5 Å². The second-order valence-corrected chi connectivity index (χ2v) is 4.75. The Bertz CT molecular complexity index is 569. The van der Waals surface area contributed by atoms with Crippen molar-refractivity contribution in [1.29, 1.82) is 0 Å². The van der Waals surface area contributed by atoms with E-state index in [9.17, 15) is 13.2 Å². The molecule has 0 aliphatic rings. The fourth-order valence-electron chi connectivity index (χ4n) is 1.92. The fraction of sp³-hybridized carbons (Fsp3) is 0.250. The van der Waals surface area contributed by atoms with Crippen LogP contribution in [0.15, 0.2) is 54.6 Å². The van der Waals surface area contributed by atoms with Crippen molar-refractivity contribution in [3.63, 3.8) is 0 Å². The molecule has 2 aromatic rings. The summed E-state index contributed by atoms with van der Waals surface area (Å²) in [5, 5.41) is 0. The number of hydrogen-bond donors (Lipinski definition) is 1. The van der Waals surface area contributed by atoms with Gasteiger partial charge in [-0.2, -0.15) is 13.2 Å². The number of rotatable bonds is 5. The summed E-state index contributed by atoms with van der Waals surface area (Å²) in [4.78, 5) is 0. The summed E-state index contributed by atoms with van der Waals surface area (Å²) in [7, 11) is 0.